The number of nitriles is 1. The summed E-state index contributed by atoms with van der Waals surface area (Å²) >= 11 is 5.98. The molecule has 2 rings (SSSR count). The van der Waals surface area contributed by atoms with Gasteiger partial charge in [-0.25, -0.2) is 4.98 Å². The molecular formula is C14H9ClFN3O. The van der Waals surface area contributed by atoms with Gasteiger partial charge in [0.05, 0.1) is 11.6 Å². The molecule has 0 unspecified atom stereocenters. The molecule has 0 radical (unpaired) electrons. The molecule has 1 N–H and O–H groups in total. The Hall–Kier alpha value is -2.45. The van der Waals surface area contributed by atoms with Crippen molar-refractivity contribution in [1.29, 1.82) is 5.26 Å². The van der Waals surface area contributed by atoms with Crippen LogP contribution in [0.1, 0.15) is 22.0 Å². The normalized spacial score (nSPS) is 11.4. The molecule has 0 spiro atoms. The predicted octanol–water partition coefficient (Wildman–Crippen LogP) is 2.87. The topological polar surface area (TPSA) is 65.8 Å². The molecule has 20 heavy (non-hydrogen) atoms. The number of nitrogens with one attached hydrogen (secondary N) is 1. The van der Waals surface area contributed by atoms with Gasteiger partial charge in [0.1, 0.15) is 6.04 Å². The highest BCUT2D eigenvalue weighted by Crippen LogP contribution is 2.22. The maximum absolute atomic E-state index is 12.7. The fraction of sp³-hybridized carbons (Fsp3) is 0.0714. The first-order chi connectivity index (χ1) is 9.61. The first-order valence-corrected chi connectivity index (χ1v) is 6.06. The van der Waals surface area contributed by atoms with Crippen molar-refractivity contribution in [3.8, 4) is 6.07 Å². The molecule has 4 nitrogen and oxygen atoms in total. The van der Waals surface area contributed by atoms with Crippen LogP contribution in [0.4, 0.5) is 4.39 Å². The minimum absolute atomic E-state index is 0.165. The van der Waals surface area contributed by atoms with Crippen LogP contribution in [-0.4, -0.2) is 10.9 Å². The fourth-order valence-electron chi connectivity index (χ4n) is 1.61. The number of nitrogens with zero attached hydrogens (tertiary/aromatic N) is 2. The zero-order chi connectivity index (χ0) is 14.5. The molecular weight excluding hydrogens is 281 g/mol. The largest absolute Gasteiger partial charge is 0.332 e. The van der Waals surface area contributed by atoms with Crippen LogP contribution in [0.25, 0.3) is 0 Å². The van der Waals surface area contributed by atoms with Gasteiger partial charge in [-0.15, -0.1) is 0 Å². The molecule has 1 heterocycles. The lowest BCUT2D eigenvalue weighted by atomic mass is 10.1. The standard InChI is InChI=1S/C14H9ClFN3O/c15-11-4-2-1-3-10(11)12(7-17)19-14(20)9-5-6-13(16)18-8-9/h1-6,8,12H,(H,19,20)/t12-/m1/s1. The summed E-state index contributed by atoms with van der Waals surface area (Å²) < 4.78 is 12.7. The lowest BCUT2D eigenvalue weighted by molar-refractivity contribution is 0.0944. The molecule has 0 aliphatic carbocycles. The number of benzene rings is 1. The second kappa shape index (κ2) is 6.13. The van der Waals surface area contributed by atoms with Gasteiger partial charge in [0.25, 0.3) is 5.91 Å². The number of halogens is 2. The Morgan fingerprint density at radius 1 is 1.35 bits per heavy atom. The molecule has 1 aromatic heterocycles. The molecule has 100 valence electrons. The number of carbonyl (C=O) groups excluding carboxylic acids is 1. The average Bonchev–Trinajstić information content (AvgIpc) is 2.46. The van der Waals surface area contributed by atoms with E-state index in [-0.39, 0.29) is 5.56 Å². The average molecular weight is 290 g/mol. The minimum Gasteiger partial charge on any atom is -0.332 e. The van der Waals surface area contributed by atoms with Crippen LogP contribution >= 0.6 is 11.6 Å². The van der Waals surface area contributed by atoms with E-state index in [1.807, 2.05) is 6.07 Å². The van der Waals surface area contributed by atoms with Crippen molar-refractivity contribution in [2.75, 3.05) is 0 Å². The maximum Gasteiger partial charge on any atom is 0.254 e. The Balaban J connectivity index is 2.19. The number of carbonyl (C=O) groups is 1. The molecule has 0 bridgehead atoms. The van der Waals surface area contributed by atoms with Crippen LogP contribution in [-0.2, 0) is 0 Å². The van der Waals surface area contributed by atoms with E-state index in [1.165, 1.54) is 6.07 Å². The number of hydrogen-bond acceptors (Lipinski definition) is 3. The second-order valence-electron chi connectivity index (χ2n) is 3.93. The van der Waals surface area contributed by atoms with Crippen LogP contribution < -0.4 is 5.32 Å². The molecule has 2 aromatic rings. The molecule has 0 saturated carbocycles. The van der Waals surface area contributed by atoms with E-state index >= 15 is 0 Å². The smallest absolute Gasteiger partial charge is 0.254 e. The Labute approximate surface area is 119 Å². The van der Waals surface area contributed by atoms with Gasteiger partial charge in [0, 0.05) is 16.8 Å². The minimum atomic E-state index is -0.888. The SMILES string of the molecule is N#C[C@@H](NC(=O)c1ccc(F)nc1)c1ccccc1Cl. The maximum atomic E-state index is 12.7. The summed E-state index contributed by atoms with van der Waals surface area (Å²) in [5, 5.41) is 12.0. The third kappa shape index (κ3) is 3.11. The summed E-state index contributed by atoms with van der Waals surface area (Å²) in [6.07, 6.45) is 1.10. The van der Waals surface area contributed by atoms with Crippen molar-refractivity contribution < 1.29 is 9.18 Å². The first-order valence-electron chi connectivity index (χ1n) is 5.68. The van der Waals surface area contributed by atoms with Crippen LogP contribution in [0.3, 0.4) is 0 Å². The van der Waals surface area contributed by atoms with E-state index in [2.05, 4.69) is 10.3 Å². The van der Waals surface area contributed by atoms with Gasteiger partial charge >= 0.3 is 0 Å². The number of hydrogen-bond donors (Lipinski definition) is 1. The highest BCUT2D eigenvalue weighted by molar-refractivity contribution is 6.31. The Morgan fingerprint density at radius 2 is 2.10 bits per heavy atom. The third-order valence-electron chi connectivity index (χ3n) is 2.61. The summed E-state index contributed by atoms with van der Waals surface area (Å²) in [6, 6.07) is 10.2. The van der Waals surface area contributed by atoms with Crippen molar-refractivity contribution in [3.63, 3.8) is 0 Å². The van der Waals surface area contributed by atoms with Gasteiger partial charge in [-0.3, -0.25) is 4.79 Å². The quantitative estimate of drug-likeness (QED) is 0.884. The van der Waals surface area contributed by atoms with Gasteiger partial charge in [-0.1, -0.05) is 29.8 Å². The zero-order valence-corrected chi connectivity index (χ0v) is 10.9. The molecule has 0 saturated heterocycles. The zero-order valence-electron chi connectivity index (χ0n) is 10.2. The summed E-state index contributed by atoms with van der Waals surface area (Å²) in [7, 11) is 0. The molecule has 0 aliphatic heterocycles. The predicted molar refractivity (Wildman–Crippen MR) is 71.5 cm³/mol. The van der Waals surface area contributed by atoms with Crippen LogP contribution in [0.5, 0.6) is 0 Å². The van der Waals surface area contributed by atoms with Gasteiger partial charge < -0.3 is 5.32 Å². The third-order valence-corrected chi connectivity index (χ3v) is 2.95. The van der Waals surface area contributed by atoms with Gasteiger partial charge in [-0.05, 0) is 18.2 Å². The molecule has 6 heteroatoms. The van der Waals surface area contributed by atoms with Crippen LogP contribution in [0.15, 0.2) is 42.6 Å². The van der Waals surface area contributed by atoms with Crippen LogP contribution in [0.2, 0.25) is 5.02 Å². The van der Waals surface area contributed by atoms with Crippen molar-refractivity contribution >= 4 is 17.5 Å². The van der Waals surface area contributed by atoms with Gasteiger partial charge in [0.15, 0.2) is 0 Å². The molecule has 1 atom stereocenters. The highest BCUT2D eigenvalue weighted by Gasteiger charge is 2.17. The van der Waals surface area contributed by atoms with Gasteiger partial charge in [0.2, 0.25) is 5.95 Å². The lowest BCUT2D eigenvalue weighted by Gasteiger charge is -2.13. The van der Waals surface area contributed by atoms with Crippen molar-refractivity contribution in [1.82, 2.24) is 10.3 Å². The molecule has 0 aliphatic rings. The Bertz CT molecular complexity index is 667. The second-order valence-corrected chi connectivity index (χ2v) is 4.33. The summed E-state index contributed by atoms with van der Waals surface area (Å²) in [5.74, 6) is -1.20. The van der Waals surface area contributed by atoms with E-state index in [1.54, 1.807) is 24.3 Å². The number of aromatic nitrogens is 1. The molecule has 0 fully saturated rings. The highest BCUT2D eigenvalue weighted by atomic mass is 35.5. The monoisotopic (exact) mass is 289 g/mol. The number of amides is 1. The van der Waals surface area contributed by atoms with Crippen molar-refractivity contribution in [2.45, 2.75) is 6.04 Å². The molecule has 1 amide bonds. The van der Waals surface area contributed by atoms with Gasteiger partial charge in [-0.2, -0.15) is 9.65 Å². The van der Waals surface area contributed by atoms with Crippen molar-refractivity contribution in [3.05, 3.63) is 64.7 Å². The molecule has 1 aromatic carbocycles. The number of pyridine rings is 1. The van der Waals surface area contributed by atoms with E-state index in [4.69, 9.17) is 16.9 Å². The first kappa shape index (κ1) is 14.0. The lowest BCUT2D eigenvalue weighted by Crippen LogP contribution is -2.27. The summed E-state index contributed by atoms with van der Waals surface area (Å²) in [6.45, 7) is 0. The van der Waals surface area contributed by atoms with Crippen LogP contribution in [0, 0.1) is 17.3 Å². The fourth-order valence-corrected chi connectivity index (χ4v) is 1.86. The van der Waals surface area contributed by atoms with E-state index < -0.39 is 17.9 Å². The van der Waals surface area contributed by atoms with E-state index in [0.717, 1.165) is 12.3 Å². The summed E-state index contributed by atoms with van der Waals surface area (Å²) in [4.78, 5) is 15.3. The van der Waals surface area contributed by atoms with E-state index in [9.17, 15) is 9.18 Å². The van der Waals surface area contributed by atoms with Crippen molar-refractivity contribution in [2.24, 2.45) is 0 Å². The number of rotatable bonds is 3. The summed E-state index contributed by atoms with van der Waals surface area (Å²) in [5.41, 5.74) is 0.666. The Kier molecular flexibility index (Phi) is 4.28. The Morgan fingerprint density at radius 3 is 2.70 bits per heavy atom. The van der Waals surface area contributed by atoms with E-state index in [0.29, 0.717) is 10.6 Å².